The van der Waals surface area contributed by atoms with E-state index in [9.17, 15) is 14.7 Å². The van der Waals surface area contributed by atoms with Crippen LogP contribution >= 0.6 is 0 Å². The molecule has 1 aliphatic rings. The summed E-state index contributed by atoms with van der Waals surface area (Å²) in [5.74, 6) is -0.199. The normalized spacial score (nSPS) is 18.7. The molecule has 28 heavy (non-hydrogen) atoms. The fourth-order valence-corrected chi connectivity index (χ4v) is 3.06. The Labute approximate surface area is 164 Å². The van der Waals surface area contributed by atoms with E-state index in [1.54, 1.807) is 18.2 Å². The fraction of sp³-hybridized carbons (Fsp3) is 0.476. The van der Waals surface area contributed by atoms with Crippen LogP contribution in [0.1, 0.15) is 45.6 Å². The molecular formula is C21H27NO6. The number of carbonyl (C=O) groups excluding carboxylic acids is 1. The zero-order valence-corrected chi connectivity index (χ0v) is 16.5. The van der Waals surface area contributed by atoms with Crippen LogP contribution in [0.15, 0.2) is 34.5 Å². The smallest absolute Gasteiger partial charge is 0.328 e. The summed E-state index contributed by atoms with van der Waals surface area (Å²) in [5, 5.41) is 19.8. The number of carbonyl (C=O) groups is 2. The summed E-state index contributed by atoms with van der Waals surface area (Å²) in [4.78, 5) is 27.7. The van der Waals surface area contributed by atoms with E-state index in [2.05, 4.69) is 4.99 Å². The number of ketones is 1. The average molecular weight is 389 g/mol. The Kier molecular flexibility index (Phi) is 7.61. The van der Waals surface area contributed by atoms with Gasteiger partial charge in [0.25, 0.3) is 0 Å². The molecule has 0 spiro atoms. The number of carboxylic acid groups (broad SMARTS) is 1. The molecule has 7 heteroatoms. The lowest BCUT2D eigenvalue weighted by Crippen LogP contribution is -2.25. The minimum Gasteiger partial charge on any atom is -0.511 e. The third-order valence-electron chi connectivity index (χ3n) is 4.36. The first-order valence-electron chi connectivity index (χ1n) is 9.51. The van der Waals surface area contributed by atoms with E-state index < -0.39 is 12.0 Å². The Bertz CT molecular complexity index is 796. The minimum absolute atomic E-state index is 0.104. The van der Waals surface area contributed by atoms with Crippen LogP contribution in [0.4, 0.5) is 0 Å². The van der Waals surface area contributed by atoms with Crippen molar-refractivity contribution in [3.05, 3.63) is 35.1 Å². The number of hydrogen-bond donors (Lipinski definition) is 2. The molecule has 0 bridgehead atoms. The third kappa shape index (κ3) is 5.34. The van der Waals surface area contributed by atoms with Gasteiger partial charge in [-0.05, 0) is 51.3 Å². The van der Waals surface area contributed by atoms with Crippen LogP contribution in [0.5, 0.6) is 11.5 Å². The van der Waals surface area contributed by atoms with Gasteiger partial charge in [0.15, 0.2) is 17.3 Å². The van der Waals surface area contributed by atoms with Gasteiger partial charge in [0, 0.05) is 12.8 Å². The van der Waals surface area contributed by atoms with E-state index in [0.29, 0.717) is 49.7 Å². The van der Waals surface area contributed by atoms with Gasteiger partial charge in [-0.25, -0.2) is 4.79 Å². The quantitative estimate of drug-likeness (QED) is 0.521. The summed E-state index contributed by atoms with van der Waals surface area (Å²) in [6.45, 7) is 6.18. The first-order valence-corrected chi connectivity index (χ1v) is 9.51. The first kappa shape index (κ1) is 21.5. The maximum atomic E-state index is 12.4. The van der Waals surface area contributed by atoms with Crippen LogP contribution in [0.3, 0.4) is 0 Å². The van der Waals surface area contributed by atoms with Crippen LogP contribution < -0.4 is 9.47 Å². The molecule has 0 radical (unpaired) electrons. The second-order valence-corrected chi connectivity index (χ2v) is 6.51. The number of Topliss-reactive ketones (excluding diaryl/α,β-unsaturated/α-hetero) is 1. The van der Waals surface area contributed by atoms with Crippen LogP contribution in [0, 0.1) is 0 Å². The number of aliphatic hydroxyl groups excluding tert-OH is 1. The van der Waals surface area contributed by atoms with Crippen molar-refractivity contribution in [2.45, 2.75) is 52.5 Å². The van der Waals surface area contributed by atoms with Gasteiger partial charge in [-0.3, -0.25) is 9.79 Å². The van der Waals surface area contributed by atoms with E-state index in [0.717, 1.165) is 5.56 Å². The SMILES string of the molecule is CCOc1ccc(CC(O)=C2C(=O)CCCC2=N[C@H](C)C(=O)O)cc1OCC. The molecule has 0 heterocycles. The molecule has 0 amide bonds. The number of ether oxygens (including phenoxy) is 2. The number of hydrogen-bond acceptors (Lipinski definition) is 6. The van der Waals surface area contributed by atoms with Crippen molar-refractivity contribution in [2.75, 3.05) is 13.2 Å². The van der Waals surface area contributed by atoms with Gasteiger partial charge in [0.2, 0.25) is 0 Å². The summed E-state index contributed by atoms with van der Waals surface area (Å²) in [7, 11) is 0. The lowest BCUT2D eigenvalue weighted by atomic mass is 9.89. The Morgan fingerprint density at radius 2 is 1.82 bits per heavy atom. The number of aliphatic carboxylic acids is 1. The van der Waals surface area contributed by atoms with E-state index in [1.807, 2.05) is 13.8 Å². The molecule has 1 atom stereocenters. The number of aliphatic imine (C=N–C) groups is 1. The second-order valence-electron chi connectivity index (χ2n) is 6.51. The minimum atomic E-state index is -1.07. The van der Waals surface area contributed by atoms with Gasteiger partial charge in [0.1, 0.15) is 11.8 Å². The highest BCUT2D eigenvalue weighted by Gasteiger charge is 2.27. The highest BCUT2D eigenvalue weighted by Crippen LogP contribution is 2.30. The molecule has 1 saturated carbocycles. The van der Waals surface area contributed by atoms with Gasteiger partial charge in [-0.1, -0.05) is 6.07 Å². The second kappa shape index (κ2) is 9.92. The first-order chi connectivity index (χ1) is 13.4. The summed E-state index contributed by atoms with van der Waals surface area (Å²) in [6, 6.07) is 4.37. The van der Waals surface area contributed by atoms with Crippen LogP contribution in [0.2, 0.25) is 0 Å². The maximum Gasteiger partial charge on any atom is 0.328 e. The van der Waals surface area contributed by atoms with Crippen molar-refractivity contribution in [2.24, 2.45) is 4.99 Å². The van der Waals surface area contributed by atoms with Gasteiger partial charge in [0.05, 0.1) is 24.5 Å². The van der Waals surface area contributed by atoms with Crippen molar-refractivity contribution < 1.29 is 29.3 Å². The van der Waals surface area contributed by atoms with Crippen molar-refractivity contribution >= 4 is 17.5 Å². The van der Waals surface area contributed by atoms with Gasteiger partial charge in [-0.2, -0.15) is 0 Å². The number of rotatable bonds is 8. The molecule has 0 aliphatic heterocycles. The van der Waals surface area contributed by atoms with Crippen LogP contribution in [-0.4, -0.2) is 46.9 Å². The van der Waals surface area contributed by atoms with Crippen molar-refractivity contribution in [1.82, 2.24) is 0 Å². The molecule has 1 fully saturated rings. The van der Waals surface area contributed by atoms with Crippen molar-refractivity contribution in [3.63, 3.8) is 0 Å². The third-order valence-corrected chi connectivity index (χ3v) is 4.36. The topological polar surface area (TPSA) is 105 Å². The molecule has 1 aromatic rings. The van der Waals surface area contributed by atoms with Crippen molar-refractivity contribution in [3.8, 4) is 11.5 Å². The molecule has 2 N–H and O–H groups in total. The number of nitrogens with zero attached hydrogens (tertiary/aromatic N) is 1. The largest absolute Gasteiger partial charge is 0.511 e. The summed E-state index contributed by atoms with van der Waals surface area (Å²) in [5.41, 5.74) is 1.26. The van der Waals surface area contributed by atoms with E-state index in [-0.39, 0.29) is 23.5 Å². The Morgan fingerprint density at radius 1 is 1.14 bits per heavy atom. The molecule has 1 aromatic carbocycles. The van der Waals surface area contributed by atoms with Gasteiger partial charge in [-0.15, -0.1) is 0 Å². The number of aliphatic hydroxyl groups is 1. The highest BCUT2D eigenvalue weighted by molar-refractivity contribution is 6.24. The lowest BCUT2D eigenvalue weighted by molar-refractivity contribution is -0.138. The maximum absolute atomic E-state index is 12.4. The molecule has 0 aromatic heterocycles. The molecule has 1 aliphatic carbocycles. The number of carboxylic acids is 1. The van der Waals surface area contributed by atoms with Crippen molar-refractivity contribution in [1.29, 1.82) is 0 Å². The molecule has 7 nitrogen and oxygen atoms in total. The predicted octanol–water partition coefficient (Wildman–Crippen LogP) is 3.51. The zero-order valence-electron chi connectivity index (χ0n) is 16.5. The summed E-state index contributed by atoms with van der Waals surface area (Å²) >= 11 is 0. The number of allylic oxidation sites excluding steroid dienone is 2. The standard InChI is InChI=1S/C21H27NO6/c1-4-27-18-10-9-14(12-19(18)28-5-2)11-17(24)20-15(7-6-8-16(20)23)22-13(3)21(25)26/h9-10,12-13,24H,4-8,11H2,1-3H3,(H,25,26)/t13-/m1/s1. The Balaban J connectivity index is 2.36. The molecule has 2 rings (SSSR count). The molecule has 152 valence electrons. The van der Waals surface area contributed by atoms with Gasteiger partial charge >= 0.3 is 5.97 Å². The zero-order chi connectivity index (χ0) is 20.7. The predicted molar refractivity (Wildman–Crippen MR) is 106 cm³/mol. The molecule has 0 unspecified atom stereocenters. The summed E-state index contributed by atoms with van der Waals surface area (Å²) in [6.07, 6.45) is 1.50. The van der Waals surface area contributed by atoms with Gasteiger partial charge < -0.3 is 19.7 Å². The van der Waals surface area contributed by atoms with E-state index >= 15 is 0 Å². The molecular weight excluding hydrogens is 362 g/mol. The average Bonchev–Trinajstić information content (AvgIpc) is 2.64. The molecule has 0 saturated heterocycles. The van der Waals surface area contributed by atoms with Crippen LogP contribution in [-0.2, 0) is 16.0 Å². The monoisotopic (exact) mass is 389 g/mol. The van der Waals surface area contributed by atoms with E-state index in [1.165, 1.54) is 6.92 Å². The highest BCUT2D eigenvalue weighted by atomic mass is 16.5. The lowest BCUT2D eigenvalue weighted by Gasteiger charge is -2.19. The Morgan fingerprint density at radius 3 is 2.46 bits per heavy atom. The fourth-order valence-electron chi connectivity index (χ4n) is 3.06. The Hall–Kier alpha value is -2.83. The van der Waals surface area contributed by atoms with Crippen LogP contribution in [0.25, 0.3) is 0 Å². The van der Waals surface area contributed by atoms with E-state index in [4.69, 9.17) is 14.6 Å². The summed E-state index contributed by atoms with van der Waals surface area (Å²) < 4.78 is 11.1. The number of benzene rings is 1.